The molecule has 3 fully saturated rings. The molecular weight excluding hydrogens is 478 g/mol. The number of rotatable bonds is 7. The first-order valence-electron chi connectivity index (χ1n) is 11.6. The van der Waals surface area contributed by atoms with E-state index in [2.05, 4.69) is 0 Å². The molecule has 0 radical (unpaired) electrons. The molecule has 2 saturated heterocycles. The van der Waals surface area contributed by atoms with Gasteiger partial charge in [-0.25, -0.2) is 13.2 Å². The van der Waals surface area contributed by atoms with Crippen LogP contribution in [-0.2, 0) is 49.8 Å². The van der Waals surface area contributed by atoms with Gasteiger partial charge in [-0.15, -0.1) is 0 Å². The summed E-state index contributed by atoms with van der Waals surface area (Å²) in [6, 6.07) is 8.09. The molecule has 1 aromatic rings. The monoisotopic (exact) mass is 507 g/mol. The fourth-order valence-electron chi connectivity index (χ4n) is 4.96. The minimum Gasteiger partial charge on any atom is -0.461 e. The summed E-state index contributed by atoms with van der Waals surface area (Å²) >= 11 is 0. The topological polar surface area (TPSA) is 133 Å². The number of β-lactam (4-membered cyclic amide) rings is 1. The van der Waals surface area contributed by atoms with Crippen molar-refractivity contribution in [2.45, 2.75) is 68.7 Å². The van der Waals surface area contributed by atoms with Crippen molar-refractivity contribution in [3.05, 3.63) is 35.9 Å². The summed E-state index contributed by atoms with van der Waals surface area (Å²) in [6.07, 6.45) is 1.71. The third kappa shape index (κ3) is 4.65. The van der Waals surface area contributed by atoms with Crippen LogP contribution in [0.3, 0.4) is 0 Å². The Labute approximate surface area is 203 Å². The van der Waals surface area contributed by atoms with Crippen LogP contribution in [0.25, 0.3) is 0 Å². The van der Waals surface area contributed by atoms with Gasteiger partial charge < -0.3 is 19.1 Å². The lowest BCUT2D eigenvalue weighted by molar-refractivity contribution is -0.178. The van der Waals surface area contributed by atoms with Crippen molar-refractivity contribution in [3.63, 3.8) is 0 Å². The summed E-state index contributed by atoms with van der Waals surface area (Å²) in [7, 11) is -3.72. The number of sulfone groups is 1. The summed E-state index contributed by atoms with van der Waals surface area (Å²) in [6.45, 7) is 2.30. The summed E-state index contributed by atoms with van der Waals surface area (Å²) < 4.78 is 39.2. The van der Waals surface area contributed by atoms with Gasteiger partial charge >= 0.3 is 17.9 Å². The molecule has 0 spiro atoms. The molecule has 0 aromatic heterocycles. The highest BCUT2D eigenvalue weighted by Crippen LogP contribution is 2.46. The Kier molecular flexibility index (Phi) is 6.90. The Balaban J connectivity index is 1.20. The van der Waals surface area contributed by atoms with Crippen LogP contribution in [0.2, 0.25) is 0 Å². The molecule has 0 unspecified atom stereocenters. The lowest BCUT2D eigenvalue weighted by Crippen LogP contribution is -2.57. The second kappa shape index (κ2) is 9.60. The van der Waals surface area contributed by atoms with Crippen LogP contribution in [0.1, 0.15) is 51.5 Å². The molecule has 11 heteroatoms. The molecule has 1 aromatic carbocycles. The van der Waals surface area contributed by atoms with Crippen molar-refractivity contribution >= 4 is 33.7 Å². The van der Waals surface area contributed by atoms with E-state index in [1.165, 1.54) is 13.8 Å². The summed E-state index contributed by atoms with van der Waals surface area (Å²) in [5.74, 6) is -2.91. The SMILES string of the molecule is CC1(C)[C@H](C(=O)OCOC(=O)[C@H]2CC[C@H](C(=O)OCc3ccccc3)CC2)N2C(=O)C[C@H]2S1(=O)=O. The Hall–Kier alpha value is -2.95. The first-order chi connectivity index (χ1) is 16.5. The lowest BCUT2D eigenvalue weighted by atomic mass is 9.82. The first kappa shape index (κ1) is 25.2. The van der Waals surface area contributed by atoms with Gasteiger partial charge in [-0.1, -0.05) is 30.3 Å². The molecular formula is C24H29NO9S. The summed E-state index contributed by atoms with van der Waals surface area (Å²) in [5.41, 5.74) is 0.903. The quantitative estimate of drug-likeness (QED) is 0.307. The number of fused-ring (bicyclic) bond motifs is 1. The third-order valence-electron chi connectivity index (χ3n) is 7.22. The van der Waals surface area contributed by atoms with Gasteiger partial charge in [0.05, 0.1) is 23.0 Å². The average molecular weight is 508 g/mol. The van der Waals surface area contributed by atoms with E-state index in [-0.39, 0.29) is 24.9 Å². The van der Waals surface area contributed by atoms with Gasteiger partial charge in [0, 0.05) is 0 Å². The van der Waals surface area contributed by atoms with E-state index in [1.54, 1.807) is 0 Å². The molecule has 0 bridgehead atoms. The number of carbonyl (C=O) groups excluding carboxylic acids is 4. The molecule has 0 N–H and O–H groups in total. The van der Waals surface area contributed by atoms with Crippen molar-refractivity contribution in [3.8, 4) is 0 Å². The van der Waals surface area contributed by atoms with E-state index >= 15 is 0 Å². The van der Waals surface area contributed by atoms with E-state index < -0.39 is 56.6 Å². The van der Waals surface area contributed by atoms with E-state index in [1.807, 2.05) is 30.3 Å². The fraction of sp³-hybridized carbons (Fsp3) is 0.583. The number of hydrogen-bond donors (Lipinski definition) is 0. The predicted octanol–water partition coefficient (Wildman–Crippen LogP) is 1.71. The van der Waals surface area contributed by atoms with E-state index in [4.69, 9.17) is 14.2 Å². The molecule has 190 valence electrons. The molecule has 3 aliphatic rings. The van der Waals surface area contributed by atoms with E-state index in [9.17, 15) is 27.6 Å². The zero-order valence-corrected chi connectivity index (χ0v) is 20.5. The van der Waals surface area contributed by atoms with Crippen LogP contribution in [-0.4, -0.2) is 60.1 Å². The molecule has 35 heavy (non-hydrogen) atoms. The van der Waals surface area contributed by atoms with Crippen molar-refractivity contribution in [2.24, 2.45) is 11.8 Å². The van der Waals surface area contributed by atoms with Gasteiger partial charge in [0.2, 0.25) is 12.7 Å². The number of esters is 3. The minimum absolute atomic E-state index is 0.146. The molecule has 2 aliphatic heterocycles. The highest BCUT2D eigenvalue weighted by Gasteiger charge is 2.68. The molecule has 2 atom stereocenters. The number of hydrogen-bond acceptors (Lipinski definition) is 9. The van der Waals surface area contributed by atoms with Crippen molar-refractivity contribution in [1.29, 1.82) is 0 Å². The second-order valence-corrected chi connectivity index (χ2v) is 12.4. The predicted molar refractivity (Wildman–Crippen MR) is 121 cm³/mol. The van der Waals surface area contributed by atoms with Gasteiger partial charge in [-0.05, 0) is 45.1 Å². The Morgan fingerprint density at radius 1 is 0.914 bits per heavy atom. The normalized spacial score (nSPS) is 28.4. The van der Waals surface area contributed by atoms with Gasteiger partial charge in [0.25, 0.3) is 0 Å². The Bertz CT molecular complexity index is 1110. The third-order valence-corrected chi connectivity index (χ3v) is 10.0. The van der Waals surface area contributed by atoms with E-state index in [0.29, 0.717) is 25.7 Å². The van der Waals surface area contributed by atoms with Gasteiger partial charge in [0.1, 0.15) is 18.0 Å². The molecule has 1 saturated carbocycles. The zero-order valence-electron chi connectivity index (χ0n) is 19.7. The molecule has 4 rings (SSSR count). The maximum absolute atomic E-state index is 12.6. The van der Waals surface area contributed by atoms with Crippen molar-refractivity contribution in [1.82, 2.24) is 4.90 Å². The maximum atomic E-state index is 12.6. The average Bonchev–Trinajstić information content (AvgIpc) is 2.96. The van der Waals surface area contributed by atoms with Gasteiger partial charge in [0.15, 0.2) is 9.84 Å². The highest BCUT2D eigenvalue weighted by molar-refractivity contribution is 7.93. The van der Waals surface area contributed by atoms with Gasteiger partial charge in [-0.2, -0.15) is 0 Å². The fourth-order valence-corrected chi connectivity index (χ4v) is 7.09. The highest BCUT2D eigenvalue weighted by atomic mass is 32.2. The molecule has 2 heterocycles. The zero-order chi connectivity index (χ0) is 25.4. The smallest absolute Gasteiger partial charge is 0.333 e. The maximum Gasteiger partial charge on any atom is 0.333 e. The van der Waals surface area contributed by atoms with Crippen molar-refractivity contribution < 1.29 is 41.8 Å². The van der Waals surface area contributed by atoms with Crippen LogP contribution >= 0.6 is 0 Å². The number of benzene rings is 1. The van der Waals surface area contributed by atoms with Crippen LogP contribution in [0.5, 0.6) is 0 Å². The van der Waals surface area contributed by atoms with Crippen LogP contribution in [0.4, 0.5) is 0 Å². The Morgan fingerprint density at radius 3 is 2.03 bits per heavy atom. The van der Waals surface area contributed by atoms with Crippen LogP contribution < -0.4 is 0 Å². The van der Waals surface area contributed by atoms with Gasteiger partial charge in [-0.3, -0.25) is 14.4 Å². The molecule has 1 aliphatic carbocycles. The number of ether oxygens (including phenoxy) is 3. The standard InChI is InChI=1S/C24H29NO9S/c1-24(2)20(25-18(26)12-19(25)35(24,30)31)23(29)34-14-33-22(28)17-10-8-16(9-11-17)21(27)32-13-15-6-4-3-5-7-15/h3-7,16-17,19-20H,8-14H2,1-2H3/t16-,17-,19-,20+/m1/s1. The number of amides is 1. The van der Waals surface area contributed by atoms with Crippen LogP contribution in [0, 0.1) is 11.8 Å². The minimum atomic E-state index is -3.72. The lowest BCUT2D eigenvalue weighted by Gasteiger charge is -2.36. The Morgan fingerprint density at radius 2 is 1.46 bits per heavy atom. The second-order valence-electron chi connectivity index (χ2n) is 9.70. The van der Waals surface area contributed by atoms with Crippen LogP contribution in [0.15, 0.2) is 30.3 Å². The number of nitrogens with zero attached hydrogens (tertiary/aromatic N) is 1. The number of carbonyl (C=O) groups is 4. The largest absolute Gasteiger partial charge is 0.461 e. The van der Waals surface area contributed by atoms with Crippen molar-refractivity contribution in [2.75, 3.05) is 6.79 Å². The summed E-state index contributed by atoms with van der Waals surface area (Å²) in [5, 5.41) is -1.01. The van der Waals surface area contributed by atoms with E-state index in [0.717, 1.165) is 10.5 Å². The molecule has 1 amide bonds. The summed E-state index contributed by atoms with van der Waals surface area (Å²) in [4.78, 5) is 50.3. The molecule has 10 nitrogen and oxygen atoms in total. The first-order valence-corrected chi connectivity index (χ1v) is 13.2.